The first-order valence-corrected chi connectivity index (χ1v) is 7.22. The molecule has 1 heterocycles. The van der Waals surface area contributed by atoms with Crippen molar-refractivity contribution in [1.29, 1.82) is 0 Å². The number of ether oxygens (including phenoxy) is 1. The van der Waals surface area contributed by atoms with Crippen molar-refractivity contribution < 1.29 is 9.84 Å². The second-order valence-corrected chi connectivity index (χ2v) is 5.86. The highest BCUT2D eigenvalue weighted by Gasteiger charge is 2.17. The Kier molecular flexibility index (Phi) is 4.83. The van der Waals surface area contributed by atoms with Gasteiger partial charge in [-0.1, -0.05) is 26.0 Å². The van der Waals surface area contributed by atoms with E-state index >= 15 is 0 Å². The molecule has 3 nitrogen and oxygen atoms in total. The van der Waals surface area contributed by atoms with Gasteiger partial charge in [0.2, 0.25) is 0 Å². The lowest BCUT2D eigenvalue weighted by molar-refractivity contribution is 0.215. The van der Waals surface area contributed by atoms with E-state index < -0.39 is 0 Å². The van der Waals surface area contributed by atoms with E-state index in [2.05, 4.69) is 44.3 Å². The number of aliphatic hydroxyl groups is 1. The lowest BCUT2D eigenvalue weighted by Gasteiger charge is -2.23. The monoisotopic (exact) mass is 263 g/mol. The fraction of sp³-hybridized carbons (Fsp3) is 0.625. The first-order chi connectivity index (χ1) is 9.10. The predicted molar refractivity (Wildman–Crippen MR) is 77.5 cm³/mol. The highest BCUT2D eigenvalue weighted by Crippen LogP contribution is 2.28. The molecule has 0 amide bonds. The van der Waals surface area contributed by atoms with Crippen LogP contribution in [-0.2, 0) is 6.42 Å². The molecule has 0 saturated heterocycles. The topological polar surface area (TPSA) is 41.5 Å². The maximum Gasteiger partial charge on any atom is 0.122 e. The molecule has 0 fully saturated rings. The minimum absolute atomic E-state index is 0.166. The van der Waals surface area contributed by atoms with Gasteiger partial charge in [-0.05, 0) is 36.5 Å². The molecule has 2 rings (SSSR count). The van der Waals surface area contributed by atoms with Gasteiger partial charge < -0.3 is 15.2 Å². The third-order valence-corrected chi connectivity index (χ3v) is 3.68. The van der Waals surface area contributed by atoms with Crippen LogP contribution in [0.4, 0.5) is 0 Å². The summed E-state index contributed by atoms with van der Waals surface area (Å²) in [6.45, 7) is 7.51. The zero-order valence-corrected chi connectivity index (χ0v) is 12.1. The molecule has 106 valence electrons. The van der Waals surface area contributed by atoms with Crippen LogP contribution >= 0.6 is 0 Å². The number of benzene rings is 1. The molecule has 1 aliphatic rings. The summed E-state index contributed by atoms with van der Waals surface area (Å²) in [7, 11) is 0. The van der Waals surface area contributed by atoms with Crippen molar-refractivity contribution in [3.63, 3.8) is 0 Å². The molecule has 2 atom stereocenters. The Bertz CT molecular complexity index is 417. The summed E-state index contributed by atoms with van der Waals surface area (Å²) in [5.41, 5.74) is 2.57. The summed E-state index contributed by atoms with van der Waals surface area (Å²) in [5, 5.41) is 13.0. The average Bonchev–Trinajstić information content (AvgIpc) is 2.84. The summed E-state index contributed by atoms with van der Waals surface area (Å²) in [6.07, 6.45) is 2.00. The van der Waals surface area contributed by atoms with E-state index in [1.54, 1.807) is 0 Å². The summed E-state index contributed by atoms with van der Waals surface area (Å²) in [4.78, 5) is 0. The van der Waals surface area contributed by atoms with E-state index in [9.17, 15) is 5.11 Å². The van der Waals surface area contributed by atoms with Crippen LogP contribution in [0.2, 0.25) is 0 Å². The van der Waals surface area contributed by atoms with E-state index in [1.807, 2.05) is 0 Å². The summed E-state index contributed by atoms with van der Waals surface area (Å²) in [6, 6.07) is 6.82. The number of rotatable bonds is 6. The summed E-state index contributed by atoms with van der Waals surface area (Å²) >= 11 is 0. The van der Waals surface area contributed by atoms with E-state index in [1.165, 1.54) is 11.1 Å². The molecule has 1 aromatic carbocycles. The fourth-order valence-electron chi connectivity index (χ4n) is 2.69. The Morgan fingerprint density at radius 3 is 2.79 bits per heavy atom. The molecule has 1 aliphatic heterocycles. The smallest absolute Gasteiger partial charge is 0.122 e. The molecular weight excluding hydrogens is 238 g/mol. The molecule has 0 radical (unpaired) electrons. The second kappa shape index (κ2) is 6.40. The molecule has 0 spiro atoms. The van der Waals surface area contributed by atoms with Gasteiger partial charge in [-0.25, -0.2) is 0 Å². The van der Waals surface area contributed by atoms with Gasteiger partial charge in [0, 0.05) is 18.5 Å². The van der Waals surface area contributed by atoms with Crippen molar-refractivity contribution in [3.8, 4) is 5.75 Å². The van der Waals surface area contributed by atoms with Gasteiger partial charge in [0.25, 0.3) is 0 Å². The highest BCUT2D eigenvalue weighted by molar-refractivity contribution is 5.40. The molecular formula is C16H25NO2. The van der Waals surface area contributed by atoms with Crippen LogP contribution < -0.4 is 10.1 Å². The SMILES string of the molecule is CC(C)CC(CO)NC(C)c1ccc2c(c1)CCO2. The van der Waals surface area contributed by atoms with Crippen molar-refractivity contribution >= 4 is 0 Å². The van der Waals surface area contributed by atoms with E-state index in [-0.39, 0.29) is 18.7 Å². The molecule has 3 heteroatoms. The van der Waals surface area contributed by atoms with Crippen LogP contribution in [0.3, 0.4) is 0 Å². The number of hydrogen-bond acceptors (Lipinski definition) is 3. The quantitative estimate of drug-likeness (QED) is 0.829. The van der Waals surface area contributed by atoms with Crippen LogP contribution in [0.15, 0.2) is 18.2 Å². The van der Waals surface area contributed by atoms with Gasteiger partial charge in [0.05, 0.1) is 13.2 Å². The van der Waals surface area contributed by atoms with Crippen LogP contribution in [-0.4, -0.2) is 24.4 Å². The third-order valence-electron chi connectivity index (χ3n) is 3.68. The largest absolute Gasteiger partial charge is 0.493 e. The second-order valence-electron chi connectivity index (χ2n) is 5.86. The summed E-state index contributed by atoms with van der Waals surface area (Å²) in [5.74, 6) is 1.61. The van der Waals surface area contributed by atoms with E-state index in [0.717, 1.165) is 25.2 Å². The lowest BCUT2D eigenvalue weighted by Crippen LogP contribution is -2.35. The average molecular weight is 263 g/mol. The van der Waals surface area contributed by atoms with Crippen molar-refractivity contribution in [1.82, 2.24) is 5.32 Å². The van der Waals surface area contributed by atoms with Crippen LogP contribution in [0, 0.1) is 5.92 Å². The zero-order valence-electron chi connectivity index (χ0n) is 12.1. The first kappa shape index (κ1) is 14.4. The molecule has 0 saturated carbocycles. The van der Waals surface area contributed by atoms with Crippen LogP contribution in [0.1, 0.15) is 44.4 Å². The molecule has 0 aromatic heterocycles. The van der Waals surface area contributed by atoms with E-state index in [4.69, 9.17) is 4.74 Å². The Balaban J connectivity index is 2.00. The highest BCUT2D eigenvalue weighted by atomic mass is 16.5. The third kappa shape index (κ3) is 3.71. The minimum atomic E-state index is 0.166. The number of aliphatic hydroxyl groups excluding tert-OH is 1. The van der Waals surface area contributed by atoms with Crippen molar-refractivity contribution in [2.24, 2.45) is 5.92 Å². The zero-order chi connectivity index (χ0) is 13.8. The number of hydrogen-bond donors (Lipinski definition) is 2. The molecule has 0 bridgehead atoms. The Hall–Kier alpha value is -1.06. The van der Waals surface area contributed by atoms with E-state index in [0.29, 0.717) is 5.92 Å². The Morgan fingerprint density at radius 2 is 2.11 bits per heavy atom. The minimum Gasteiger partial charge on any atom is -0.493 e. The van der Waals surface area contributed by atoms with Crippen LogP contribution in [0.5, 0.6) is 5.75 Å². The van der Waals surface area contributed by atoms with Crippen molar-refractivity contribution in [3.05, 3.63) is 29.3 Å². The Labute approximate surface area is 116 Å². The molecule has 1 aromatic rings. The maximum absolute atomic E-state index is 9.44. The first-order valence-electron chi connectivity index (χ1n) is 7.22. The fourth-order valence-corrected chi connectivity index (χ4v) is 2.69. The van der Waals surface area contributed by atoms with Crippen molar-refractivity contribution in [2.45, 2.75) is 45.7 Å². The lowest BCUT2D eigenvalue weighted by atomic mass is 10.00. The number of nitrogens with one attached hydrogen (secondary N) is 1. The molecule has 2 unspecified atom stereocenters. The normalized spacial score (nSPS) is 17.1. The molecule has 2 N–H and O–H groups in total. The van der Waals surface area contributed by atoms with Gasteiger partial charge in [-0.2, -0.15) is 0 Å². The van der Waals surface area contributed by atoms with Crippen molar-refractivity contribution in [2.75, 3.05) is 13.2 Å². The van der Waals surface area contributed by atoms with Gasteiger partial charge in [-0.15, -0.1) is 0 Å². The maximum atomic E-state index is 9.44. The van der Waals surface area contributed by atoms with Gasteiger partial charge in [-0.3, -0.25) is 0 Å². The Morgan fingerprint density at radius 1 is 1.32 bits per heavy atom. The van der Waals surface area contributed by atoms with Gasteiger partial charge >= 0.3 is 0 Å². The van der Waals surface area contributed by atoms with Gasteiger partial charge in [0.15, 0.2) is 0 Å². The standard InChI is InChI=1S/C16H25NO2/c1-11(2)8-15(10-18)17-12(3)13-4-5-16-14(9-13)6-7-19-16/h4-5,9,11-12,15,17-18H,6-8,10H2,1-3H3. The van der Waals surface area contributed by atoms with Gasteiger partial charge in [0.1, 0.15) is 5.75 Å². The predicted octanol–water partition coefficient (Wildman–Crippen LogP) is 2.68. The molecule has 19 heavy (non-hydrogen) atoms. The number of fused-ring (bicyclic) bond motifs is 1. The molecule has 0 aliphatic carbocycles. The van der Waals surface area contributed by atoms with Crippen LogP contribution in [0.25, 0.3) is 0 Å². The summed E-state index contributed by atoms with van der Waals surface area (Å²) < 4.78 is 5.53.